The number of ether oxygens (including phenoxy) is 1. The van der Waals surface area contributed by atoms with Gasteiger partial charge in [0.2, 0.25) is 5.95 Å². The Kier molecular flexibility index (Phi) is 2.81. The van der Waals surface area contributed by atoms with Crippen molar-refractivity contribution in [3.8, 4) is 11.5 Å². The highest BCUT2D eigenvalue weighted by atomic mass is 19.1. The van der Waals surface area contributed by atoms with Gasteiger partial charge in [-0.1, -0.05) is 12.1 Å². The number of hydrogen-bond acceptors (Lipinski definition) is 2. The summed E-state index contributed by atoms with van der Waals surface area (Å²) < 4.78 is 31.5. The molecule has 0 fully saturated rings. The van der Waals surface area contributed by atoms with Crippen molar-refractivity contribution in [2.45, 2.75) is 6.92 Å². The predicted molar refractivity (Wildman–Crippen MR) is 55.4 cm³/mol. The van der Waals surface area contributed by atoms with E-state index in [1.165, 1.54) is 18.3 Å². The zero-order valence-corrected chi connectivity index (χ0v) is 8.58. The van der Waals surface area contributed by atoms with Crippen LogP contribution in [0, 0.1) is 18.7 Å². The average Bonchev–Trinajstić information content (AvgIpc) is 2.25. The van der Waals surface area contributed by atoms with Crippen LogP contribution in [-0.2, 0) is 0 Å². The summed E-state index contributed by atoms with van der Waals surface area (Å²) in [5.74, 6) is -0.812. The highest BCUT2D eigenvalue weighted by Gasteiger charge is 2.07. The lowest BCUT2D eigenvalue weighted by Gasteiger charge is -2.07. The fourth-order valence-electron chi connectivity index (χ4n) is 1.27. The smallest absolute Gasteiger partial charge is 0.216 e. The Labute approximate surface area is 91.5 Å². The monoisotopic (exact) mass is 221 g/mol. The van der Waals surface area contributed by atoms with Crippen molar-refractivity contribution >= 4 is 0 Å². The molecular formula is C12H9F2NO. The van der Waals surface area contributed by atoms with Crippen LogP contribution in [0.2, 0.25) is 0 Å². The molecule has 0 N–H and O–H groups in total. The van der Waals surface area contributed by atoms with E-state index < -0.39 is 11.8 Å². The second-order valence-corrected chi connectivity index (χ2v) is 3.30. The standard InChI is InChI=1S/C12H9F2NO/c1-8-3-2-4-10(12(8)14)16-9-5-6-15-11(13)7-9/h2-7H,1H3. The van der Waals surface area contributed by atoms with Crippen molar-refractivity contribution < 1.29 is 13.5 Å². The number of rotatable bonds is 2. The first-order valence-corrected chi connectivity index (χ1v) is 4.71. The summed E-state index contributed by atoms with van der Waals surface area (Å²) in [5, 5.41) is 0. The third-order valence-electron chi connectivity index (χ3n) is 2.08. The van der Waals surface area contributed by atoms with Crippen LogP contribution in [0.1, 0.15) is 5.56 Å². The maximum Gasteiger partial charge on any atom is 0.216 e. The molecule has 0 aliphatic rings. The van der Waals surface area contributed by atoms with E-state index in [0.717, 1.165) is 6.07 Å². The summed E-state index contributed by atoms with van der Waals surface area (Å²) in [7, 11) is 0. The van der Waals surface area contributed by atoms with Crippen molar-refractivity contribution in [1.82, 2.24) is 4.98 Å². The minimum absolute atomic E-state index is 0.0746. The first kappa shape index (κ1) is 10.5. The van der Waals surface area contributed by atoms with Crippen LogP contribution < -0.4 is 4.74 Å². The quantitative estimate of drug-likeness (QED) is 0.724. The summed E-state index contributed by atoms with van der Waals surface area (Å²) in [6, 6.07) is 7.36. The minimum Gasteiger partial charge on any atom is -0.454 e. The Hall–Kier alpha value is -1.97. The SMILES string of the molecule is Cc1cccc(Oc2ccnc(F)c2)c1F. The molecule has 16 heavy (non-hydrogen) atoms. The van der Waals surface area contributed by atoms with E-state index in [2.05, 4.69) is 4.98 Å². The highest BCUT2D eigenvalue weighted by molar-refractivity contribution is 5.34. The molecule has 0 unspecified atom stereocenters. The molecule has 0 saturated heterocycles. The Bertz CT molecular complexity index is 514. The zero-order chi connectivity index (χ0) is 11.5. The van der Waals surface area contributed by atoms with Crippen molar-refractivity contribution in [2.75, 3.05) is 0 Å². The predicted octanol–water partition coefficient (Wildman–Crippen LogP) is 3.46. The lowest BCUT2D eigenvalue weighted by atomic mass is 10.2. The van der Waals surface area contributed by atoms with Crippen LogP contribution in [-0.4, -0.2) is 4.98 Å². The van der Waals surface area contributed by atoms with E-state index in [4.69, 9.17) is 4.74 Å². The van der Waals surface area contributed by atoms with Gasteiger partial charge >= 0.3 is 0 Å². The maximum absolute atomic E-state index is 13.6. The van der Waals surface area contributed by atoms with Gasteiger partial charge in [-0.25, -0.2) is 9.37 Å². The third-order valence-corrected chi connectivity index (χ3v) is 2.08. The lowest BCUT2D eigenvalue weighted by molar-refractivity contribution is 0.434. The normalized spacial score (nSPS) is 10.2. The highest BCUT2D eigenvalue weighted by Crippen LogP contribution is 2.25. The molecule has 1 aromatic heterocycles. The minimum atomic E-state index is -0.662. The van der Waals surface area contributed by atoms with Crippen molar-refractivity contribution in [3.05, 3.63) is 53.9 Å². The first-order chi connectivity index (χ1) is 7.66. The molecule has 0 amide bonds. The fraction of sp³-hybridized carbons (Fsp3) is 0.0833. The summed E-state index contributed by atoms with van der Waals surface area (Å²) in [4.78, 5) is 3.38. The largest absolute Gasteiger partial charge is 0.454 e. The van der Waals surface area contributed by atoms with Crippen LogP contribution in [0.25, 0.3) is 0 Å². The summed E-state index contributed by atoms with van der Waals surface area (Å²) in [6.45, 7) is 1.63. The van der Waals surface area contributed by atoms with Crippen molar-refractivity contribution in [3.63, 3.8) is 0 Å². The number of pyridine rings is 1. The topological polar surface area (TPSA) is 22.1 Å². The van der Waals surface area contributed by atoms with Gasteiger partial charge < -0.3 is 4.74 Å². The van der Waals surface area contributed by atoms with Crippen LogP contribution in [0.5, 0.6) is 11.5 Å². The number of aryl methyl sites for hydroxylation is 1. The molecule has 82 valence electrons. The van der Waals surface area contributed by atoms with Gasteiger partial charge in [0, 0.05) is 12.3 Å². The van der Waals surface area contributed by atoms with Gasteiger partial charge in [0.15, 0.2) is 11.6 Å². The fourth-order valence-corrected chi connectivity index (χ4v) is 1.27. The summed E-state index contributed by atoms with van der Waals surface area (Å²) >= 11 is 0. The Morgan fingerprint density at radius 1 is 1.19 bits per heavy atom. The van der Waals surface area contributed by atoms with Crippen molar-refractivity contribution in [1.29, 1.82) is 0 Å². The molecule has 2 rings (SSSR count). The second kappa shape index (κ2) is 4.26. The Morgan fingerprint density at radius 2 is 2.00 bits per heavy atom. The van der Waals surface area contributed by atoms with E-state index in [1.807, 2.05) is 0 Å². The van der Waals surface area contributed by atoms with Gasteiger partial charge in [0.1, 0.15) is 5.75 Å². The van der Waals surface area contributed by atoms with E-state index in [0.29, 0.717) is 5.56 Å². The van der Waals surface area contributed by atoms with Gasteiger partial charge in [-0.15, -0.1) is 0 Å². The molecule has 0 spiro atoms. The lowest BCUT2D eigenvalue weighted by Crippen LogP contribution is -1.91. The molecule has 0 atom stereocenters. The molecule has 1 aromatic carbocycles. The third kappa shape index (κ3) is 2.16. The zero-order valence-electron chi connectivity index (χ0n) is 8.58. The van der Waals surface area contributed by atoms with Gasteiger partial charge in [0.25, 0.3) is 0 Å². The molecule has 2 aromatic rings. The summed E-state index contributed by atoms with van der Waals surface area (Å²) in [6.07, 6.45) is 1.26. The first-order valence-electron chi connectivity index (χ1n) is 4.71. The Balaban J connectivity index is 2.31. The van der Waals surface area contributed by atoms with E-state index in [1.54, 1.807) is 19.1 Å². The van der Waals surface area contributed by atoms with Gasteiger partial charge in [-0.3, -0.25) is 0 Å². The van der Waals surface area contributed by atoms with Gasteiger partial charge in [-0.2, -0.15) is 4.39 Å². The number of benzene rings is 1. The van der Waals surface area contributed by atoms with Gasteiger partial charge in [-0.05, 0) is 24.6 Å². The summed E-state index contributed by atoms with van der Waals surface area (Å²) in [5.41, 5.74) is 0.479. The van der Waals surface area contributed by atoms with Crippen LogP contribution in [0.3, 0.4) is 0 Å². The average molecular weight is 221 g/mol. The molecule has 0 bridgehead atoms. The van der Waals surface area contributed by atoms with Crippen LogP contribution >= 0.6 is 0 Å². The van der Waals surface area contributed by atoms with Crippen LogP contribution in [0.15, 0.2) is 36.5 Å². The van der Waals surface area contributed by atoms with Crippen molar-refractivity contribution in [2.24, 2.45) is 0 Å². The van der Waals surface area contributed by atoms with Gasteiger partial charge in [0.05, 0.1) is 0 Å². The van der Waals surface area contributed by atoms with E-state index >= 15 is 0 Å². The molecule has 0 saturated carbocycles. The molecule has 0 radical (unpaired) electrons. The molecular weight excluding hydrogens is 212 g/mol. The number of hydrogen-bond donors (Lipinski definition) is 0. The maximum atomic E-state index is 13.6. The molecule has 1 heterocycles. The van der Waals surface area contributed by atoms with Crippen LogP contribution in [0.4, 0.5) is 8.78 Å². The molecule has 0 aliphatic heterocycles. The molecule has 4 heteroatoms. The number of aromatic nitrogens is 1. The van der Waals surface area contributed by atoms with E-state index in [9.17, 15) is 8.78 Å². The van der Waals surface area contributed by atoms with E-state index in [-0.39, 0.29) is 11.5 Å². The Morgan fingerprint density at radius 3 is 2.75 bits per heavy atom. The number of halogens is 2. The molecule has 2 nitrogen and oxygen atoms in total. The number of nitrogens with zero attached hydrogens (tertiary/aromatic N) is 1. The second-order valence-electron chi connectivity index (χ2n) is 3.30. The molecule has 0 aliphatic carbocycles.